The molecule has 0 atom stereocenters. The number of hydrogen-bond donors (Lipinski definition) is 3. The zero-order chi connectivity index (χ0) is 22.3. The molecule has 8 nitrogen and oxygen atoms in total. The summed E-state index contributed by atoms with van der Waals surface area (Å²) in [5.41, 5.74) is 1.36. The second-order valence-electron chi connectivity index (χ2n) is 6.16. The van der Waals surface area contributed by atoms with Crippen LogP contribution in [0.15, 0.2) is 52.5 Å². The molecule has 2 aromatic rings. The number of sulfonamides is 1. The number of fused-ring (bicyclic) bond motifs is 1. The van der Waals surface area contributed by atoms with Crippen molar-refractivity contribution in [3.05, 3.63) is 53.6 Å². The van der Waals surface area contributed by atoms with Gasteiger partial charge in [-0.3, -0.25) is 10.2 Å². The van der Waals surface area contributed by atoms with Gasteiger partial charge >= 0.3 is 6.18 Å². The molecule has 30 heavy (non-hydrogen) atoms. The van der Waals surface area contributed by atoms with Gasteiger partial charge in [0.2, 0.25) is 10.0 Å². The number of likely N-dealkylation sites (N-methyl/N-ethyl adjacent to an activating group) is 1. The lowest BCUT2D eigenvalue weighted by Gasteiger charge is -2.16. The van der Waals surface area contributed by atoms with Crippen LogP contribution in [0.3, 0.4) is 0 Å². The highest BCUT2D eigenvalue weighted by Crippen LogP contribution is 2.41. The van der Waals surface area contributed by atoms with E-state index < -0.39 is 27.7 Å². The third-order valence-corrected chi connectivity index (χ3v) is 5.27. The lowest BCUT2D eigenvalue weighted by atomic mass is 10.1. The largest absolute Gasteiger partial charge is 0.418 e. The average Bonchev–Trinajstić information content (AvgIpc) is 2.89. The van der Waals surface area contributed by atoms with E-state index in [-0.39, 0.29) is 27.0 Å². The number of alkyl halides is 3. The molecule has 2 aromatic carbocycles. The van der Waals surface area contributed by atoms with E-state index in [0.29, 0.717) is 5.69 Å². The Labute approximate surface area is 174 Å². The minimum atomic E-state index is -4.64. The Balaban J connectivity index is 1.80. The standard InChI is InChI=1S/C17H14F3N5O3S2/c1-25-14-11(3-2-4-12(14)17(18,19)20)13(15(25)26)23-24-16(29)22-9-5-7-10(8-6-9)30(21,27)28/h2-8H,1H3,(H2,21,27,28)(H2,22,24,29). The predicted octanol–water partition coefficient (Wildman–Crippen LogP) is 2.02. The number of amides is 1. The molecule has 0 aliphatic carbocycles. The van der Waals surface area contributed by atoms with Crippen molar-refractivity contribution in [1.29, 1.82) is 0 Å². The van der Waals surface area contributed by atoms with Crippen molar-refractivity contribution in [2.45, 2.75) is 11.1 Å². The minimum absolute atomic E-state index is 0.0186. The van der Waals surface area contributed by atoms with Crippen molar-refractivity contribution in [3.63, 3.8) is 0 Å². The fraction of sp³-hybridized carbons (Fsp3) is 0.118. The molecule has 158 valence electrons. The van der Waals surface area contributed by atoms with Crippen molar-refractivity contribution in [1.82, 2.24) is 5.43 Å². The van der Waals surface area contributed by atoms with Crippen LogP contribution in [0.25, 0.3) is 0 Å². The SMILES string of the molecule is CN1C(=O)C(=NNC(=S)Nc2ccc(S(N)(=O)=O)cc2)c2cccc(C(F)(F)F)c21. The van der Waals surface area contributed by atoms with E-state index in [1.807, 2.05) is 0 Å². The number of rotatable bonds is 3. The molecular weight excluding hydrogens is 443 g/mol. The predicted molar refractivity (Wildman–Crippen MR) is 109 cm³/mol. The topological polar surface area (TPSA) is 117 Å². The minimum Gasteiger partial charge on any atom is -0.331 e. The lowest BCUT2D eigenvalue weighted by molar-refractivity contribution is -0.137. The first-order valence-electron chi connectivity index (χ1n) is 8.16. The molecule has 0 spiro atoms. The van der Waals surface area contributed by atoms with Crippen LogP contribution in [0.1, 0.15) is 11.1 Å². The molecule has 0 aromatic heterocycles. The number of primary sulfonamides is 1. The summed E-state index contributed by atoms with van der Waals surface area (Å²) >= 11 is 5.05. The molecule has 0 saturated carbocycles. The first-order valence-corrected chi connectivity index (χ1v) is 10.1. The normalized spacial score (nSPS) is 15.3. The van der Waals surface area contributed by atoms with E-state index in [1.54, 1.807) is 0 Å². The van der Waals surface area contributed by atoms with Crippen LogP contribution in [0, 0.1) is 0 Å². The Morgan fingerprint density at radius 2 is 1.80 bits per heavy atom. The van der Waals surface area contributed by atoms with Gasteiger partial charge in [0.25, 0.3) is 5.91 Å². The third-order valence-electron chi connectivity index (χ3n) is 4.15. The molecule has 0 saturated heterocycles. The van der Waals surface area contributed by atoms with E-state index in [4.69, 9.17) is 17.4 Å². The number of nitrogens with one attached hydrogen (secondary N) is 2. The summed E-state index contributed by atoms with van der Waals surface area (Å²) in [5, 5.41) is 11.5. The fourth-order valence-corrected chi connectivity index (χ4v) is 3.48. The Morgan fingerprint density at radius 3 is 2.37 bits per heavy atom. The summed E-state index contributed by atoms with van der Waals surface area (Å²) in [6.45, 7) is 0. The molecule has 1 aliphatic rings. The van der Waals surface area contributed by atoms with Gasteiger partial charge in [0, 0.05) is 18.3 Å². The van der Waals surface area contributed by atoms with Gasteiger partial charge in [-0.15, -0.1) is 0 Å². The van der Waals surface area contributed by atoms with E-state index in [1.165, 1.54) is 43.4 Å². The Bertz CT molecular complexity index is 1160. The summed E-state index contributed by atoms with van der Waals surface area (Å²) in [7, 11) is -2.62. The van der Waals surface area contributed by atoms with Crippen molar-refractivity contribution < 1.29 is 26.4 Å². The van der Waals surface area contributed by atoms with Crippen LogP contribution in [-0.2, 0) is 21.0 Å². The van der Waals surface area contributed by atoms with Crippen molar-refractivity contribution in [2.75, 3.05) is 17.3 Å². The molecule has 3 rings (SSSR count). The van der Waals surface area contributed by atoms with Gasteiger partial charge in [0.1, 0.15) is 0 Å². The van der Waals surface area contributed by atoms with Crippen LogP contribution in [0.5, 0.6) is 0 Å². The molecule has 1 aliphatic heterocycles. The Kier molecular flexibility index (Phi) is 5.54. The summed E-state index contributed by atoms with van der Waals surface area (Å²) < 4.78 is 62.3. The van der Waals surface area contributed by atoms with Crippen LogP contribution >= 0.6 is 12.2 Å². The van der Waals surface area contributed by atoms with Crippen LogP contribution in [0.4, 0.5) is 24.5 Å². The number of thiocarbonyl (C=S) groups is 1. The first kappa shape index (κ1) is 21.7. The number of para-hydroxylation sites is 1. The molecule has 1 heterocycles. The number of carbonyl (C=O) groups excluding carboxylic acids is 1. The molecule has 1 amide bonds. The molecular formula is C17H14F3N5O3S2. The summed E-state index contributed by atoms with van der Waals surface area (Å²) in [4.78, 5) is 13.2. The number of halogens is 3. The van der Waals surface area contributed by atoms with E-state index >= 15 is 0 Å². The maximum atomic E-state index is 13.3. The summed E-state index contributed by atoms with van der Waals surface area (Å²) in [6, 6.07) is 8.76. The number of carbonyl (C=O) groups is 1. The molecule has 0 radical (unpaired) electrons. The van der Waals surface area contributed by atoms with Gasteiger partial charge in [-0.05, 0) is 42.5 Å². The molecule has 0 fully saturated rings. The molecule has 13 heteroatoms. The van der Waals surface area contributed by atoms with E-state index in [9.17, 15) is 26.4 Å². The second-order valence-corrected chi connectivity index (χ2v) is 8.13. The van der Waals surface area contributed by atoms with Crippen molar-refractivity contribution >= 4 is 50.3 Å². The van der Waals surface area contributed by atoms with Crippen LogP contribution in [-0.4, -0.2) is 32.2 Å². The third kappa shape index (κ3) is 4.27. The van der Waals surface area contributed by atoms with E-state index in [0.717, 1.165) is 11.0 Å². The quantitative estimate of drug-likeness (QED) is 0.480. The zero-order valence-corrected chi connectivity index (χ0v) is 16.8. The molecule has 0 unspecified atom stereocenters. The second kappa shape index (κ2) is 7.66. The van der Waals surface area contributed by atoms with Gasteiger partial charge in [-0.2, -0.15) is 18.3 Å². The van der Waals surface area contributed by atoms with Crippen LogP contribution in [0.2, 0.25) is 0 Å². The number of anilines is 2. The number of benzene rings is 2. The average molecular weight is 457 g/mol. The Morgan fingerprint density at radius 1 is 1.17 bits per heavy atom. The van der Waals surface area contributed by atoms with Gasteiger partial charge in [0.05, 0.1) is 16.1 Å². The van der Waals surface area contributed by atoms with Crippen LogP contribution < -0.4 is 20.8 Å². The van der Waals surface area contributed by atoms with Gasteiger partial charge in [-0.25, -0.2) is 13.6 Å². The Hall–Kier alpha value is -3.03. The smallest absolute Gasteiger partial charge is 0.331 e. The monoisotopic (exact) mass is 457 g/mol. The fourth-order valence-electron chi connectivity index (χ4n) is 2.80. The maximum Gasteiger partial charge on any atom is 0.418 e. The number of hydrazone groups is 1. The summed E-state index contributed by atoms with van der Waals surface area (Å²) in [5.74, 6) is -0.727. The highest BCUT2D eigenvalue weighted by molar-refractivity contribution is 7.89. The lowest BCUT2D eigenvalue weighted by Crippen LogP contribution is -2.30. The van der Waals surface area contributed by atoms with Gasteiger partial charge < -0.3 is 10.2 Å². The van der Waals surface area contributed by atoms with Crippen molar-refractivity contribution in [2.24, 2.45) is 10.2 Å². The number of nitrogens with two attached hydrogens (primary N) is 1. The highest BCUT2D eigenvalue weighted by Gasteiger charge is 2.42. The van der Waals surface area contributed by atoms with E-state index in [2.05, 4.69) is 15.8 Å². The maximum absolute atomic E-state index is 13.3. The number of hydrogen-bond acceptors (Lipinski definition) is 5. The highest BCUT2D eigenvalue weighted by atomic mass is 32.2. The van der Waals surface area contributed by atoms with Gasteiger partial charge in [-0.1, -0.05) is 12.1 Å². The summed E-state index contributed by atoms with van der Waals surface area (Å²) in [6.07, 6.45) is -4.64. The van der Waals surface area contributed by atoms with Gasteiger partial charge in [0.15, 0.2) is 10.8 Å². The molecule has 0 bridgehead atoms. The first-order chi connectivity index (χ1) is 13.9. The zero-order valence-electron chi connectivity index (χ0n) is 15.2. The number of nitrogens with zero attached hydrogens (tertiary/aromatic N) is 2. The van der Waals surface area contributed by atoms with Crippen molar-refractivity contribution in [3.8, 4) is 0 Å². The molecule has 4 N–H and O–H groups in total.